The molecular weight excluding hydrogens is 397 g/mol. The van der Waals surface area contributed by atoms with Gasteiger partial charge in [0.2, 0.25) is 0 Å². The van der Waals surface area contributed by atoms with Crippen molar-refractivity contribution in [3.63, 3.8) is 0 Å². The molecule has 152 valence electrons. The Kier molecular flexibility index (Phi) is 5.90. The maximum atomic E-state index is 13.0. The molecule has 28 heavy (non-hydrogen) atoms. The summed E-state index contributed by atoms with van der Waals surface area (Å²) in [5.74, 6) is 0.762. The molecule has 0 N–H and O–H groups in total. The van der Waals surface area contributed by atoms with Crippen LogP contribution in [0.3, 0.4) is 0 Å². The predicted molar refractivity (Wildman–Crippen MR) is 97.4 cm³/mol. The van der Waals surface area contributed by atoms with Crippen molar-refractivity contribution in [2.75, 3.05) is 31.1 Å². The Bertz CT molecular complexity index is 831. The van der Waals surface area contributed by atoms with E-state index < -0.39 is 22.9 Å². The number of aldehydes is 1. The third-order valence-electron chi connectivity index (χ3n) is 4.81. The first-order valence-electron chi connectivity index (χ1n) is 8.75. The molecule has 0 spiro atoms. The molecule has 0 bridgehead atoms. The van der Waals surface area contributed by atoms with Crippen LogP contribution in [0.2, 0.25) is 5.02 Å². The van der Waals surface area contributed by atoms with Crippen LogP contribution >= 0.6 is 11.6 Å². The van der Waals surface area contributed by atoms with Crippen LogP contribution in [0.4, 0.5) is 19.0 Å². The van der Waals surface area contributed by atoms with Crippen LogP contribution in [-0.2, 0) is 17.5 Å². The monoisotopic (exact) mass is 416 g/mol. The molecule has 3 rings (SSSR count). The van der Waals surface area contributed by atoms with Gasteiger partial charge >= 0.3 is 6.18 Å². The fourth-order valence-corrected chi connectivity index (χ4v) is 3.39. The molecule has 7 nitrogen and oxygen atoms in total. The second-order valence-electron chi connectivity index (χ2n) is 6.69. The van der Waals surface area contributed by atoms with E-state index in [0.29, 0.717) is 26.2 Å². The zero-order chi connectivity index (χ0) is 20.5. The average molecular weight is 417 g/mol. The number of piperazine rings is 1. The molecule has 1 unspecified atom stereocenters. The average Bonchev–Trinajstić information content (AvgIpc) is 2.95. The van der Waals surface area contributed by atoms with Crippen LogP contribution < -0.4 is 4.90 Å². The number of hydrogen-bond acceptors (Lipinski definition) is 6. The van der Waals surface area contributed by atoms with Gasteiger partial charge in [0.05, 0.1) is 29.0 Å². The van der Waals surface area contributed by atoms with Crippen molar-refractivity contribution in [1.29, 1.82) is 0 Å². The summed E-state index contributed by atoms with van der Waals surface area (Å²) in [5.41, 5.74) is -0.108. The summed E-state index contributed by atoms with van der Waals surface area (Å²) in [5, 5.41) is 11.4. The summed E-state index contributed by atoms with van der Waals surface area (Å²) < 4.78 is 40.1. The quantitative estimate of drug-likeness (QED) is 0.697. The highest BCUT2D eigenvalue weighted by molar-refractivity contribution is 6.31. The molecule has 0 radical (unpaired) electrons. The van der Waals surface area contributed by atoms with Crippen molar-refractivity contribution in [2.45, 2.75) is 32.6 Å². The number of aryl methyl sites for hydroxylation is 1. The molecule has 11 heteroatoms. The largest absolute Gasteiger partial charge is 0.436 e. The molecule has 1 aliphatic heterocycles. The highest BCUT2D eigenvalue weighted by Crippen LogP contribution is 2.35. The first kappa shape index (κ1) is 20.5. The molecular formula is C17H20ClF3N6O. The topological polar surface area (TPSA) is 67.2 Å². The van der Waals surface area contributed by atoms with Crippen LogP contribution in [-0.4, -0.2) is 63.4 Å². The van der Waals surface area contributed by atoms with E-state index in [2.05, 4.69) is 20.2 Å². The molecule has 2 aromatic rings. The van der Waals surface area contributed by atoms with E-state index in [0.717, 1.165) is 22.5 Å². The van der Waals surface area contributed by atoms with E-state index in [9.17, 15) is 18.0 Å². The molecule has 0 amide bonds. The number of halogens is 4. The minimum Gasteiger partial charge on any atom is -0.353 e. The van der Waals surface area contributed by atoms with E-state index in [-0.39, 0.29) is 12.2 Å². The normalized spacial score (nSPS) is 17.0. The van der Waals surface area contributed by atoms with Gasteiger partial charge in [-0.25, -0.2) is 0 Å². The van der Waals surface area contributed by atoms with Gasteiger partial charge in [0.1, 0.15) is 6.29 Å². The third kappa shape index (κ3) is 4.27. The van der Waals surface area contributed by atoms with Gasteiger partial charge < -0.3 is 9.69 Å². The SMILES string of the molecule is Cc1ccc(N2CCN(C(C=O)Cn3nc(C(F)(F)F)c(Cl)c3C)CC2)nn1. The maximum absolute atomic E-state index is 13.0. The number of aromatic nitrogens is 4. The van der Waals surface area contributed by atoms with E-state index in [1.807, 2.05) is 24.0 Å². The van der Waals surface area contributed by atoms with Gasteiger partial charge in [0.15, 0.2) is 11.5 Å². The molecule has 0 aromatic carbocycles. The number of alkyl halides is 3. The number of rotatable bonds is 5. The molecule has 1 aliphatic rings. The van der Waals surface area contributed by atoms with Gasteiger partial charge in [0, 0.05) is 26.2 Å². The second-order valence-corrected chi connectivity index (χ2v) is 7.07. The number of carbonyl (C=O) groups is 1. The van der Waals surface area contributed by atoms with Crippen molar-refractivity contribution in [2.24, 2.45) is 0 Å². The second kappa shape index (κ2) is 8.04. The van der Waals surface area contributed by atoms with Crippen molar-refractivity contribution in [1.82, 2.24) is 24.9 Å². The number of anilines is 1. The van der Waals surface area contributed by atoms with Gasteiger partial charge in [0.25, 0.3) is 0 Å². The van der Waals surface area contributed by atoms with Crippen LogP contribution in [0.1, 0.15) is 17.1 Å². The van der Waals surface area contributed by atoms with Gasteiger partial charge in [-0.1, -0.05) is 11.6 Å². The number of hydrogen-bond donors (Lipinski definition) is 0. The number of nitrogens with zero attached hydrogens (tertiary/aromatic N) is 6. The van der Waals surface area contributed by atoms with Gasteiger partial charge in [-0.2, -0.15) is 23.4 Å². The Morgan fingerprint density at radius 3 is 2.36 bits per heavy atom. The Morgan fingerprint density at radius 2 is 1.86 bits per heavy atom. The van der Waals surface area contributed by atoms with Crippen LogP contribution in [0.25, 0.3) is 0 Å². The highest BCUT2D eigenvalue weighted by Gasteiger charge is 2.38. The predicted octanol–water partition coefficient (Wildman–Crippen LogP) is 2.35. The van der Waals surface area contributed by atoms with Crippen LogP contribution in [0.5, 0.6) is 0 Å². The van der Waals surface area contributed by atoms with Crippen LogP contribution in [0, 0.1) is 13.8 Å². The summed E-state index contributed by atoms with van der Waals surface area (Å²) in [6.45, 7) is 5.73. The minimum absolute atomic E-state index is 0.00940. The lowest BCUT2D eigenvalue weighted by Gasteiger charge is -2.37. The Labute approximate surface area is 165 Å². The highest BCUT2D eigenvalue weighted by atomic mass is 35.5. The lowest BCUT2D eigenvalue weighted by molar-refractivity contribution is -0.141. The fourth-order valence-electron chi connectivity index (χ4n) is 3.15. The first-order chi connectivity index (χ1) is 13.2. The van der Waals surface area contributed by atoms with Gasteiger partial charge in [-0.05, 0) is 26.0 Å². The van der Waals surface area contributed by atoms with Crippen molar-refractivity contribution in [3.8, 4) is 0 Å². The molecule has 1 atom stereocenters. The minimum atomic E-state index is -4.63. The van der Waals surface area contributed by atoms with E-state index >= 15 is 0 Å². The summed E-state index contributed by atoms with van der Waals surface area (Å²) in [7, 11) is 0. The molecule has 1 fully saturated rings. The standard InChI is InChI=1S/C17H20ClF3N6O/c1-11-3-4-14(23-22-11)26-7-5-25(6-8-26)13(10-28)9-27-12(2)15(18)16(24-27)17(19,20)21/h3-4,10,13H,5-9H2,1-2H3. The van der Waals surface area contributed by atoms with Crippen molar-refractivity contribution >= 4 is 23.7 Å². The molecule has 2 aromatic heterocycles. The number of carbonyl (C=O) groups excluding carboxylic acids is 1. The summed E-state index contributed by atoms with van der Waals surface area (Å²) in [6, 6.07) is 3.18. The smallest absolute Gasteiger partial charge is 0.353 e. The van der Waals surface area contributed by atoms with Gasteiger partial charge in [-0.15, -0.1) is 5.10 Å². The van der Waals surface area contributed by atoms with Crippen molar-refractivity contribution in [3.05, 3.63) is 34.2 Å². The maximum Gasteiger partial charge on any atom is 0.436 e. The molecule has 1 saturated heterocycles. The van der Waals surface area contributed by atoms with E-state index in [4.69, 9.17) is 11.6 Å². The van der Waals surface area contributed by atoms with Crippen LogP contribution in [0.15, 0.2) is 12.1 Å². The lowest BCUT2D eigenvalue weighted by Crippen LogP contribution is -2.52. The lowest BCUT2D eigenvalue weighted by atomic mass is 10.2. The van der Waals surface area contributed by atoms with Crippen molar-refractivity contribution < 1.29 is 18.0 Å². The zero-order valence-corrected chi connectivity index (χ0v) is 16.2. The fraction of sp³-hybridized carbons (Fsp3) is 0.529. The Morgan fingerprint density at radius 1 is 1.18 bits per heavy atom. The molecule has 3 heterocycles. The van der Waals surface area contributed by atoms with Gasteiger partial charge in [-0.3, -0.25) is 9.58 Å². The summed E-state index contributed by atoms with van der Waals surface area (Å²) >= 11 is 5.78. The molecule has 0 saturated carbocycles. The first-order valence-corrected chi connectivity index (χ1v) is 9.13. The van der Waals surface area contributed by atoms with E-state index in [1.165, 1.54) is 6.92 Å². The molecule has 0 aliphatic carbocycles. The Hall–Kier alpha value is -2.20. The zero-order valence-electron chi connectivity index (χ0n) is 15.4. The summed E-state index contributed by atoms with van der Waals surface area (Å²) in [4.78, 5) is 15.6. The van der Waals surface area contributed by atoms with E-state index in [1.54, 1.807) is 0 Å². The third-order valence-corrected chi connectivity index (χ3v) is 5.26. The summed E-state index contributed by atoms with van der Waals surface area (Å²) in [6.07, 6.45) is -3.89. The Balaban J connectivity index is 1.67.